The summed E-state index contributed by atoms with van der Waals surface area (Å²) in [6, 6.07) is 1.78. The molecule has 20 heavy (non-hydrogen) atoms. The van der Waals surface area contributed by atoms with Crippen LogP contribution in [0.1, 0.15) is 5.56 Å². The maximum Gasteiger partial charge on any atom is 0.416 e. The van der Waals surface area contributed by atoms with E-state index in [1.165, 1.54) is 7.05 Å². The van der Waals surface area contributed by atoms with Crippen molar-refractivity contribution in [2.24, 2.45) is 0 Å². The molecule has 0 saturated heterocycles. The molecular formula is C12H17F3N2O3. The standard InChI is InChI=1S/C12H17F3N2O3/c1-16-10-7-9(12(13,14)15)8-11(17-10)20-6-5-19-4-3-18-2/h7-8H,3-6H2,1-2H3,(H,16,17). The van der Waals surface area contributed by atoms with Crippen LogP contribution >= 0.6 is 0 Å². The van der Waals surface area contributed by atoms with Crippen molar-refractivity contribution in [2.75, 3.05) is 45.9 Å². The average molecular weight is 294 g/mol. The highest BCUT2D eigenvalue weighted by Gasteiger charge is 2.31. The first-order chi connectivity index (χ1) is 9.47. The van der Waals surface area contributed by atoms with Gasteiger partial charge in [0.05, 0.1) is 25.4 Å². The van der Waals surface area contributed by atoms with Gasteiger partial charge in [-0.15, -0.1) is 0 Å². The van der Waals surface area contributed by atoms with Crippen LogP contribution in [-0.4, -0.2) is 45.6 Å². The number of nitrogens with zero attached hydrogens (tertiary/aromatic N) is 1. The van der Waals surface area contributed by atoms with Crippen LogP contribution in [0.15, 0.2) is 12.1 Å². The predicted octanol–water partition coefficient (Wildman–Crippen LogP) is 2.18. The maximum absolute atomic E-state index is 12.7. The Labute approximate surface area is 115 Å². The lowest BCUT2D eigenvalue weighted by Crippen LogP contribution is -2.12. The highest BCUT2D eigenvalue weighted by Crippen LogP contribution is 2.32. The molecule has 0 atom stereocenters. The number of alkyl halides is 3. The van der Waals surface area contributed by atoms with Crippen molar-refractivity contribution >= 4 is 5.82 Å². The average Bonchev–Trinajstić information content (AvgIpc) is 2.41. The summed E-state index contributed by atoms with van der Waals surface area (Å²) >= 11 is 0. The van der Waals surface area contributed by atoms with Gasteiger partial charge in [0.1, 0.15) is 12.4 Å². The molecule has 114 valence electrons. The monoisotopic (exact) mass is 294 g/mol. The molecule has 0 unspecified atom stereocenters. The van der Waals surface area contributed by atoms with Gasteiger partial charge < -0.3 is 19.5 Å². The van der Waals surface area contributed by atoms with E-state index in [4.69, 9.17) is 14.2 Å². The van der Waals surface area contributed by atoms with Gasteiger partial charge in [-0.1, -0.05) is 0 Å². The van der Waals surface area contributed by atoms with Gasteiger partial charge in [0.25, 0.3) is 0 Å². The van der Waals surface area contributed by atoms with Crippen molar-refractivity contribution in [3.05, 3.63) is 17.7 Å². The third-order valence-corrected chi connectivity index (χ3v) is 2.29. The highest BCUT2D eigenvalue weighted by atomic mass is 19.4. The van der Waals surface area contributed by atoms with E-state index in [0.717, 1.165) is 12.1 Å². The molecule has 0 aliphatic heterocycles. The van der Waals surface area contributed by atoms with Crippen LogP contribution in [0.4, 0.5) is 19.0 Å². The number of pyridine rings is 1. The zero-order chi connectivity index (χ0) is 15.0. The summed E-state index contributed by atoms with van der Waals surface area (Å²) in [7, 11) is 3.03. The molecular weight excluding hydrogens is 277 g/mol. The molecule has 0 bridgehead atoms. The Balaban J connectivity index is 2.56. The maximum atomic E-state index is 12.7. The molecule has 1 N–H and O–H groups in total. The van der Waals surface area contributed by atoms with Crippen molar-refractivity contribution in [1.82, 2.24) is 4.98 Å². The van der Waals surface area contributed by atoms with E-state index in [0.29, 0.717) is 13.2 Å². The minimum atomic E-state index is -4.44. The Morgan fingerprint density at radius 3 is 2.45 bits per heavy atom. The number of aromatic nitrogens is 1. The molecule has 1 aromatic heterocycles. The van der Waals surface area contributed by atoms with Gasteiger partial charge >= 0.3 is 6.18 Å². The lowest BCUT2D eigenvalue weighted by molar-refractivity contribution is -0.137. The van der Waals surface area contributed by atoms with Crippen LogP contribution < -0.4 is 10.1 Å². The third kappa shape index (κ3) is 5.62. The van der Waals surface area contributed by atoms with E-state index in [9.17, 15) is 13.2 Å². The Morgan fingerprint density at radius 2 is 1.85 bits per heavy atom. The molecule has 5 nitrogen and oxygen atoms in total. The Morgan fingerprint density at radius 1 is 1.15 bits per heavy atom. The van der Waals surface area contributed by atoms with Crippen molar-refractivity contribution in [1.29, 1.82) is 0 Å². The second-order valence-electron chi connectivity index (χ2n) is 3.78. The topological polar surface area (TPSA) is 52.6 Å². The molecule has 1 aromatic rings. The second-order valence-corrected chi connectivity index (χ2v) is 3.78. The molecule has 0 spiro atoms. The fraction of sp³-hybridized carbons (Fsp3) is 0.583. The summed E-state index contributed by atoms with van der Waals surface area (Å²) < 4.78 is 53.0. The number of ether oxygens (including phenoxy) is 3. The normalized spacial score (nSPS) is 11.4. The molecule has 0 aromatic carbocycles. The number of hydrogen-bond donors (Lipinski definition) is 1. The quantitative estimate of drug-likeness (QED) is 0.745. The first kappa shape index (κ1) is 16.5. The molecule has 0 radical (unpaired) electrons. The number of anilines is 1. The minimum Gasteiger partial charge on any atom is -0.475 e. The lowest BCUT2D eigenvalue weighted by Gasteiger charge is -2.12. The largest absolute Gasteiger partial charge is 0.475 e. The Bertz CT molecular complexity index is 413. The van der Waals surface area contributed by atoms with Gasteiger partial charge in [0.2, 0.25) is 5.88 Å². The molecule has 1 heterocycles. The number of halogens is 3. The third-order valence-electron chi connectivity index (χ3n) is 2.29. The van der Waals surface area contributed by atoms with Crippen LogP contribution in [-0.2, 0) is 15.7 Å². The summed E-state index contributed by atoms with van der Waals surface area (Å²) in [5.74, 6) is -0.00496. The van der Waals surface area contributed by atoms with E-state index < -0.39 is 11.7 Å². The van der Waals surface area contributed by atoms with Crippen molar-refractivity contribution in [3.63, 3.8) is 0 Å². The first-order valence-electron chi connectivity index (χ1n) is 5.94. The highest BCUT2D eigenvalue weighted by molar-refractivity contribution is 5.42. The van der Waals surface area contributed by atoms with Crippen molar-refractivity contribution < 1.29 is 27.4 Å². The van der Waals surface area contributed by atoms with Gasteiger partial charge in [-0.2, -0.15) is 18.2 Å². The van der Waals surface area contributed by atoms with Crippen LogP contribution in [0.3, 0.4) is 0 Å². The van der Waals surface area contributed by atoms with E-state index in [-0.39, 0.29) is 24.9 Å². The summed E-state index contributed by atoms with van der Waals surface area (Å²) in [4.78, 5) is 3.89. The SMILES string of the molecule is CNc1cc(C(F)(F)F)cc(OCCOCCOC)n1. The zero-order valence-corrected chi connectivity index (χ0v) is 11.3. The fourth-order valence-electron chi connectivity index (χ4n) is 1.32. The second kappa shape index (κ2) is 7.91. The summed E-state index contributed by atoms with van der Waals surface area (Å²) in [5, 5.41) is 2.56. The molecule has 0 aliphatic carbocycles. The van der Waals surface area contributed by atoms with Crippen molar-refractivity contribution in [3.8, 4) is 5.88 Å². The number of hydrogen-bond acceptors (Lipinski definition) is 5. The van der Waals surface area contributed by atoms with Gasteiger partial charge in [-0.05, 0) is 6.07 Å². The summed E-state index contributed by atoms with van der Waals surface area (Å²) in [6.07, 6.45) is -4.44. The van der Waals surface area contributed by atoms with Crippen LogP contribution in [0, 0.1) is 0 Å². The Kier molecular flexibility index (Phi) is 6.53. The summed E-state index contributed by atoms with van der Waals surface area (Å²) in [5.41, 5.74) is -0.813. The zero-order valence-electron chi connectivity index (χ0n) is 11.3. The van der Waals surface area contributed by atoms with E-state index in [1.54, 1.807) is 7.11 Å². The lowest BCUT2D eigenvalue weighted by atomic mass is 10.2. The molecule has 0 fully saturated rings. The summed E-state index contributed by atoms with van der Waals surface area (Å²) in [6.45, 7) is 1.21. The van der Waals surface area contributed by atoms with Gasteiger partial charge in [-0.3, -0.25) is 0 Å². The van der Waals surface area contributed by atoms with Gasteiger partial charge in [-0.25, -0.2) is 0 Å². The number of methoxy groups -OCH3 is 1. The minimum absolute atomic E-state index is 0.0927. The Hall–Kier alpha value is -1.54. The number of rotatable bonds is 8. The molecule has 0 aliphatic rings. The van der Waals surface area contributed by atoms with Crippen LogP contribution in [0.25, 0.3) is 0 Å². The van der Waals surface area contributed by atoms with E-state index >= 15 is 0 Å². The molecule has 8 heteroatoms. The van der Waals surface area contributed by atoms with Crippen molar-refractivity contribution in [2.45, 2.75) is 6.18 Å². The number of nitrogens with one attached hydrogen (secondary N) is 1. The smallest absolute Gasteiger partial charge is 0.416 e. The van der Waals surface area contributed by atoms with Crippen LogP contribution in [0.5, 0.6) is 5.88 Å². The van der Waals surface area contributed by atoms with Gasteiger partial charge in [0.15, 0.2) is 0 Å². The molecule has 0 amide bonds. The van der Waals surface area contributed by atoms with E-state index in [1.807, 2.05) is 0 Å². The van der Waals surface area contributed by atoms with E-state index in [2.05, 4.69) is 10.3 Å². The molecule has 0 saturated carbocycles. The fourth-order valence-corrected chi connectivity index (χ4v) is 1.32. The van der Waals surface area contributed by atoms with Gasteiger partial charge in [0, 0.05) is 20.2 Å². The molecule has 1 rings (SSSR count). The predicted molar refractivity (Wildman–Crippen MR) is 67.0 cm³/mol. The van der Waals surface area contributed by atoms with Crippen LogP contribution in [0.2, 0.25) is 0 Å². The first-order valence-corrected chi connectivity index (χ1v) is 5.94.